The van der Waals surface area contributed by atoms with Crippen LogP contribution in [0.25, 0.3) is 0 Å². The first-order valence-electron chi connectivity index (χ1n) is 5.55. The van der Waals surface area contributed by atoms with E-state index in [4.69, 9.17) is 5.26 Å². The van der Waals surface area contributed by atoms with Crippen molar-refractivity contribution in [1.82, 2.24) is 4.90 Å². The predicted molar refractivity (Wildman–Crippen MR) is 69.2 cm³/mol. The third-order valence-electron chi connectivity index (χ3n) is 2.37. The number of nitro groups is 1. The molecule has 0 heterocycles. The Bertz CT molecular complexity index is 551. The van der Waals surface area contributed by atoms with Gasteiger partial charge in [-0.1, -0.05) is 11.6 Å². The molecule has 0 aliphatic carbocycles. The summed E-state index contributed by atoms with van der Waals surface area (Å²) < 4.78 is 0. The summed E-state index contributed by atoms with van der Waals surface area (Å²) in [6.07, 6.45) is 3.55. The molecule has 0 atom stereocenters. The summed E-state index contributed by atoms with van der Waals surface area (Å²) in [7, 11) is 0. The number of carbonyl (C=O) groups is 1. The van der Waals surface area contributed by atoms with Gasteiger partial charge in [0.05, 0.1) is 11.5 Å². The van der Waals surface area contributed by atoms with Crippen molar-refractivity contribution in [3.8, 4) is 6.19 Å². The zero-order valence-electron chi connectivity index (χ0n) is 10.7. The zero-order valence-corrected chi connectivity index (χ0v) is 10.7. The second kappa shape index (κ2) is 6.31. The molecule has 1 rings (SSSR count). The van der Waals surface area contributed by atoms with Gasteiger partial charge in [-0.15, -0.1) is 0 Å². The van der Waals surface area contributed by atoms with Crippen LogP contribution in [0.5, 0.6) is 0 Å². The molecule has 0 spiro atoms. The van der Waals surface area contributed by atoms with E-state index in [1.807, 2.05) is 13.8 Å². The van der Waals surface area contributed by atoms with Gasteiger partial charge in [0.2, 0.25) is 0 Å². The Morgan fingerprint density at radius 1 is 1.42 bits per heavy atom. The first kappa shape index (κ1) is 14.4. The van der Waals surface area contributed by atoms with Crippen LogP contribution in [0.15, 0.2) is 35.9 Å². The lowest BCUT2D eigenvalue weighted by Gasteiger charge is -2.11. The van der Waals surface area contributed by atoms with Crippen molar-refractivity contribution in [2.45, 2.75) is 13.8 Å². The topological polar surface area (TPSA) is 87.2 Å². The largest absolute Gasteiger partial charge is 0.269 e. The molecule has 0 aliphatic rings. The van der Waals surface area contributed by atoms with Crippen molar-refractivity contribution in [3.05, 3.63) is 51.6 Å². The van der Waals surface area contributed by atoms with Crippen LogP contribution in [-0.2, 0) is 0 Å². The number of carbonyl (C=O) groups excluding carboxylic acids is 1. The number of hydrogen-bond donors (Lipinski definition) is 0. The van der Waals surface area contributed by atoms with Gasteiger partial charge in [-0.05, 0) is 26.0 Å². The maximum absolute atomic E-state index is 12.0. The molecule has 0 N–H and O–H groups in total. The van der Waals surface area contributed by atoms with Crippen molar-refractivity contribution in [3.63, 3.8) is 0 Å². The van der Waals surface area contributed by atoms with E-state index in [1.165, 1.54) is 24.3 Å². The monoisotopic (exact) mass is 259 g/mol. The van der Waals surface area contributed by atoms with Crippen LogP contribution in [0, 0.1) is 21.6 Å². The molecule has 6 nitrogen and oxygen atoms in total. The van der Waals surface area contributed by atoms with Crippen molar-refractivity contribution in [1.29, 1.82) is 5.26 Å². The van der Waals surface area contributed by atoms with Gasteiger partial charge in [-0.25, -0.2) is 4.90 Å². The van der Waals surface area contributed by atoms with Crippen LogP contribution >= 0.6 is 0 Å². The fourth-order valence-corrected chi connectivity index (χ4v) is 1.32. The highest BCUT2D eigenvalue weighted by Gasteiger charge is 2.15. The molecule has 0 bridgehead atoms. The number of rotatable bonds is 4. The molecule has 0 aromatic heterocycles. The Morgan fingerprint density at radius 3 is 2.42 bits per heavy atom. The number of hydrogen-bond acceptors (Lipinski definition) is 4. The molecule has 1 aromatic carbocycles. The molecule has 6 heteroatoms. The summed E-state index contributed by atoms with van der Waals surface area (Å²) in [5.74, 6) is -0.477. The molecule has 0 saturated carbocycles. The maximum atomic E-state index is 12.0. The van der Waals surface area contributed by atoms with Crippen LogP contribution in [-0.4, -0.2) is 22.3 Å². The van der Waals surface area contributed by atoms with E-state index < -0.39 is 10.8 Å². The highest BCUT2D eigenvalue weighted by molar-refractivity contribution is 5.95. The van der Waals surface area contributed by atoms with E-state index in [2.05, 4.69) is 0 Å². The molecular weight excluding hydrogens is 246 g/mol. The second-order valence-electron chi connectivity index (χ2n) is 4.10. The van der Waals surface area contributed by atoms with Crippen molar-refractivity contribution >= 4 is 11.6 Å². The summed E-state index contributed by atoms with van der Waals surface area (Å²) in [4.78, 5) is 22.9. The Kier molecular flexibility index (Phi) is 4.77. The minimum Gasteiger partial charge on any atom is -0.268 e. The molecule has 19 heavy (non-hydrogen) atoms. The quantitative estimate of drug-likeness (QED) is 0.273. The molecule has 0 fully saturated rings. The van der Waals surface area contributed by atoms with E-state index in [9.17, 15) is 14.9 Å². The molecule has 0 unspecified atom stereocenters. The standard InChI is InChI=1S/C13H13N3O3/c1-10(2)7-8-15(9-14)13(17)11-3-5-12(6-4-11)16(18)19/h3-7H,8H2,1-2H3. The van der Waals surface area contributed by atoms with E-state index >= 15 is 0 Å². The smallest absolute Gasteiger partial charge is 0.268 e. The predicted octanol–water partition coefficient (Wildman–Crippen LogP) is 2.48. The minimum absolute atomic E-state index is 0.0932. The molecular formula is C13H13N3O3. The fourth-order valence-electron chi connectivity index (χ4n) is 1.32. The number of non-ortho nitro benzene ring substituents is 1. The number of nitrogens with zero attached hydrogens (tertiary/aromatic N) is 3. The lowest BCUT2D eigenvalue weighted by molar-refractivity contribution is -0.384. The summed E-state index contributed by atoms with van der Waals surface area (Å²) in [6, 6.07) is 5.16. The van der Waals surface area contributed by atoms with Gasteiger partial charge in [0.1, 0.15) is 0 Å². The lowest BCUT2D eigenvalue weighted by Crippen LogP contribution is -2.26. The lowest BCUT2D eigenvalue weighted by atomic mass is 10.2. The van der Waals surface area contributed by atoms with Crippen LogP contribution in [0.4, 0.5) is 5.69 Å². The third kappa shape index (κ3) is 3.92. The maximum Gasteiger partial charge on any atom is 0.269 e. The highest BCUT2D eigenvalue weighted by atomic mass is 16.6. The van der Waals surface area contributed by atoms with Gasteiger partial charge in [-0.3, -0.25) is 14.9 Å². The van der Waals surface area contributed by atoms with Crippen LogP contribution in [0.1, 0.15) is 24.2 Å². The van der Waals surface area contributed by atoms with Crippen molar-refractivity contribution in [2.24, 2.45) is 0 Å². The molecule has 0 saturated heterocycles. The summed E-state index contributed by atoms with van der Waals surface area (Å²) >= 11 is 0. The fraction of sp³-hybridized carbons (Fsp3) is 0.231. The Morgan fingerprint density at radius 2 is 2.00 bits per heavy atom. The molecule has 0 radical (unpaired) electrons. The third-order valence-corrected chi connectivity index (χ3v) is 2.37. The molecule has 1 amide bonds. The average Bonchev–Trinajstić information content (AvgIpc) is 2.39. The number of nitriles is 1. The number of nitro benzene ring substituents is 1. The normalized spacial score (nSPS) is 9.32. The molecule has 0 aliphatic heterocycles. The van der Waals surface area contributed by atoms with Gasteiger partial charge in [0, 0.05) is 17.7 Å². The summed E-state index contributed by atoms with van der Waals surface area (Å²) in [5, 5.41) is 19.4. The van der Waals surface area contributed by atoms with Gasteiger partial charge in [0.15, 0.2) is 6.19 Å². The van der Waals surface area contributed by atoms with E-state index in [1.54, 1.807) is 12.3 Å². The minimum atomic E-state index is -0.542. The summed E-state index contributed by atoms with van der Waals surface area (Å²) in [5.41, 5.74) is 1.15. The number of amides is 1. The first-order valence-corrected chi connectivity index (χ1v) is 5.55. The second-order valence-corrected chi connectivity index (χ2v) is 4.10. The Labute approximate surface area is 110 Å². The SMILES string of the molecule is CC(C)=CCN(C#N)C(=O)c1ccc([N+](=O)[O-])cc1. The van der Waals surface area contributed by atoms with E-state index in [0.29, 0.717) is 0 Å². The van der Waals surface area contributed by atoms with Gasteiger partial charge < -0.3 is 0 Å². The highest BCUT2D eigenvalue weighted by Crippen LogP contribution is 2.13. The number of benzene rings is 1. The van der Waals surface area contributed by atoms with Gasteiger partial charge in [-0.2, -0.15) is 5.26 Å². The molecule has 98 valence electrons. The first-order chi connectivity index (χ1) is 8.95. The van der Waals surface area contributed by atoms with Crippen molar-refractivity contribution < 1.29 is 9.72 Å². The van der Waals surface area contributed by atoms with Gasteiger partial charge in [0.25, 0.3) is 11.6 Å². The zero-order chi connectivity index (χ0) is 14.4. The Hall–Kier alpha value is -2.68. The van der Waals surface area contributed by atoms with Crippen LogP contribution in [0.3, 0.4) is 0 Å². The number of allylic oxidation sites excluding steroid dienone is 1. The van der Waals surface area contributed by atoms with E-state index in [-0.39, 0.29) is 17.8 Å². The molecule has 1 aromatic rings. The van der Waals surface area contributed by atoms with E-state index in [0.717, 1.165) is 10.5 Å². The summed E-state index contributed by atoms with van der Waals surface area (Å²) in [6.45, 7) is 3.92. The van der Waals surface area contributed by atoms with Crippen LogP contribution in [0.2, 0.25) is 0 Å². The van der Waals surface area contributed by atoms with Crippen molar-refractivity contribution in [2.75, 3.05) is 6.54 Å². The van der Waals surface area contributed by atoms with Gasteiger partial charge >= 0.3 is 0 Å². The Balaban J connectivity index is 2.89. The van der Waals surface area contributed by atoms with Crippen LogP contribution < -0.4 is 0 Å². The average molecular weight is 259 g/mol.